The predicted octanol–water partition coefficient (Wildman–Crippen LogP) is 2.09. The number of terminal acetylenes is 1. The number of para-hydroxylation sites is 1. The van der Waals surface area contributed by atoms with Crippen LogP contribution in [0.1, 0.15) is 24.3 Å². The highest BCUT2D eigenvalue weighted by Crippen LogP contribution is 2.37. The molecule has 0 saturated carbocycles. The summed E-state index contributed by atoms with van der Waals surface area (Å²) in [7, 11) is 0. The molecule has 1 aliphatic rings. The van der Waals surface area contributed by atoms with E-state index in [9.17, 15) is 4.79 Å². The van der Waals surface area contributed by atoms with Gasteiger partial charge in [0.15, 0.2) is 0 Å². The molecule has 88 valence electrons. The summed E-state index contributed by atoms with van der Waals surface area (Å²) in [4.78, 5) is 13.0. The number of carboxylic acid groups (broad SMARTS) is 1. The average molecular weight is 229 g/mol. The maximum Gasteiger partial charge on any atom is 0.304 e. The van der Waals surface area contributed by atoms with Crippen LogP contribution in [0.15, 0.2) is 24.3 Å². The van der Waals surface area contributed by atoms with Gasteiger partial charge in [-0.25, -0.2) is 0 Å². The monoisotopic (exact) mass is 229 g/mol. The molecule has 1 atom stereocenters. The lowest BCUT2D eigenvalue weighted by molar-refractivity contribution is -0.137. The standard InChI is InChI=1S/C14H15NO2/c1-2-3-8-15-10-11(9-14(16)17)12-6-4-5-7-13(12)15/h1,4-7,11H,3,8-10H2,(H,16,17). The molecule has 1 unspecified atom stereocenters. The van der Waals surface area contributed by atoms with Crippen LogP contribution in [0.2, 0.25) is 0 Å². The van der Waals surface area contributed by atoms with Gasteiger partial charge in [-0.1, -0.05) is 18.2 Å². The maximum absolute atomic E-state index is 10.8. The Morgan fingerprint density at radius 2 is 2.29 bits per heavy atom. The Bertz CT molecular complexity index is 462. The van der Waals surface area contributed by atoms with Crippen molar-refractivity contribution in [2.24, 2.45) is 0 Å². The number of rotatable bonds is 4. The molecule has 2 rings (SSSR count). The van der Waals surface area contributed by atoms with Gasteiger partial charge in [0.25, 0.3) is 0 Å². The second-order valence-corrected chi connectivity index (χ2v) is 4.25. The van der Waals surface area contributed by atoms with Crippen molar-refractivity contribution in [2.45, 2.75) is 18.8 Å². The van der Waals surface area contributed by atoms with Crippen LogP contribution in [0.3, 0.4) is 0 Å². The second kappa shape index (κ2) is 4.92. The third-order valence-electron chi connectivity index (χ3n) is 3.11. The van der Waals surface area contributed by atoms with Gasteiger partial charge >= 0.3 is 5.97 Å². The molecule has 0 spiro atoms. The van der Waals surface area contributed by atoms with Crippen LogP contribution in [0.4, 0.5) is 5.69 Å². The molecule has 0 aromatic heterocycles. The minimum atomic E-state index is -0.747. The summed E-state index contributed by atoms with van der Waals surface area (Å²) < 4.78 is 0. The summed E-state index contributed by atoms with van der Waals surface area (Å²) in [5, 5.41) is 8.91. The van der Waals surface area contributed by atoms with Crippen LogP contribution < -0.4 is 4.90 Å². The third kappa shape index (κ3) is 2.42. The first-order chi connectivity index (χ1) is 8.22. The van der Waals surface area contributed by atoms with Crippen molar-refractivity contribution >= 4 is 11.7 Å². The van der Waals surface area contributed by atoms with E-state index in [-0.39, 0.29) is 12.3 Å². The first-order valence-electron chi connectivity index (χ1n) is 5.71. The first kappa shape index (κ1) is 11.5. The highest BCUT2D eigenvalue weighted by Gasteiger charge is 2.29. The van der Waals surface area contributed by atoms with E-state index >= 15 is 0 Å². The van der Waals surface area contributed by atoms with E-state index in [1.54, 1.807) is 0 Å². The molecule has 1 N–H and O–H groups in total. The fourth-order valence-electron chi connectivity index (χ4n) is 2.38. The van der Waals surface area contributed by atoms with Gasteiger partial charge < -0.3 is 10.0 Å². The van der Waals surface area contributed by atoms with Gasteiger partial charge in [0.2, 0.25) is 0 Å². The molecule has 1 aliphatic heterocycles. The van der Waals surface area contributed by atoms with Gasteiger partial charge in [0.1, 0.15) is 0 Å². The van der Waals surface area contributed by atoms with E-state index < -0.39 is 5.97 Å². The molecule has 1 aromatic rings. The molecular weight excluding hydrogens is 214 g/mol. The molecule has 17 heavy (non-hydrogen) atoms. The molecule has 0 fully saturated rings. The van der Waals surface area contributed by atoms with Crippen molar-refractivity contribution in [3.63, 3.8) is 0 Å². The minimum Gasteiger partial charge on any atom is -0.481 e. The lowest BCUT2D eigenvalue weighted by atomic mass is 9.98. The van der Waals surface area contributed by atoms with Gasteiger partial charge in [-0.05, 0) is 11.6 Å². The zero-order valence-electron chi connectivity index (χ0n) is 9.60. The Morgan fingerprint density at radius 3 is 3.00 bits per heavy atom. The fourth-order valence-corrected chi connectivity index (χ4v) is 2.38. The van der Waals surface area contributed by atoms with E-state index in [0.29, 0.717) is 6.42 Å². The number of nitrogens with zero attached hydrogens (tertiary/aromatic N) is 1. The van der Waals surface area contributed by atoms with E-state index in [1.165, 1.54) is 0 Å². The SMILES string of the molecule is C#CCCN1CC(CC(=O)O)c2ccccc21. The molecule has 3 heteroatoms. The number of anilines is 1. The van der Waals surface area contributed by atoms with Gasteiger partial charge in [0, 0.05) is 31.1 Å². The van der Waals surface area contributed by atoms with Crippen molar-refractivity contribution in [1.82, 2.24) is 0 Å². The van der Waals surface area contributed by atoms with Gasteiger partial charge in [-0.3, -0.25) is 4.79 Å². The van der Waals surface area contributed by atoms with Crippen LogP contribution in [0.5, 0.6) is 0 Å². The summed E-state index contributed by atoms with van der Waals surface area (Å²) in [5.74, 6) is 1.96. The van der Waals surface area contributed by atoms with Crippen LogP contribution in [0.25, 0.3) is 0 Å². The molecule has 3 nitrogen and oxygen atoms in total. The third-order valence-corrected chi connectivity index (χ3v) is 3.11. The Hall–Kier alpha value is -1.95. The van der Waals surface area contributed by atoms with Crippen molar-refractivity contribution < 1.29 is 9.90 Å². The summed E-state index contributed by atoms with van der Waals surface area (Å²) in [6.45, 7) is 1.55. The van der Waals surface area contributed by atoms with Crippen molar-refractivity contribution in [3.05, 3.63) is 29.8 Å². The normalized spacial score (nSPS) is 17.6. The van der Waals surface area contributed by atoms with Crippen LogP contribution in [0, 0.1) is 12.3 Å². The lowest BCUT2D eigenvalue weighted by Crippen LogP contribution is -2.23. The molecule has 1 heterocycles. The number of benzene rings is 1. The highest BCUT2D eigenvalue weighted by atomic mass is 16.4. The largest absolute Gasteiger partial charge is 0.481 e. The molecular formula is C14H15NO2. The number of aliphatic carboxylic acids is 1. The molecule has 1 aromatic carbocycles. The van der Waals surface area contributed by atoms with Crippen LogP contribution in [-0.2, 0) is 4.79 Å². The maximum atomic E-state index is 10.8. The highest BCUT2D eigenvalue weighted by molar-refractivity contribution is 5.71. The summed E-state index contributed by atoms with van der Waals surface area (Å²) in [5.41, 5.74) is 2.26. The predicted molar refractivity (Wildman–Crippen MR) is 67.1 cm³/mol. The van der Waals surface area contributed by atoms with Gasteiger partial charge in [-0.2, -0.15) is 0 Å². The zero-order chi connectivity index (χ0) is 12.3. The van der Waals surface area contributed by atoms with Gasteiger partial charge in [-0.15, -0.1) is 12.3 Å². The summed E-state index contributed by atoms with van der Waals surface area (Å²) in [6, 6.07) is 7.98. The number of fused-ring (bicyclic) bond motifs is 1. The molecule has 0 saturated heterocycles. The average Bonchev–Trinajstić information content (AvgIpc) is 2.65. The molecule has 0 radical (unpaired) electrons. The smallest absolute Gasteiger partial charge is 0.304 e. The number of carboxylic acids is 1. The lowest BCUT2D eigenvalue weighted by Gasteiger charge is -2.18. The number of carbonyl (C=O) groups is 1. The van der Waals surface area contributed by atoms with Crippen LogP contribution >= 0.6 is 0 Å². The molecule has 0 amide bonds. The summed E-state index contributed by atoms with van der Waals surface area (Å²) in [6.07, 6.45) is 6.14. The Kier molecular flexibility index (Phi) is 3.34. The van der Waals surface area contributed by atoms with E-state index in [4.69, 9.17) is 11.5 Å². The van der Waals surface area contributed by atoms with Crippen molar-refractivity contribution in [1.29, 1.82) is 0 Å². The Labute approximate surface area is 101 Å². The second-order valence-electron chi connectivity index (χ2n) is 4.25. The van der Waals surface area contributed by atoms with Crippen molar-refractivity contribution in [2.75, 3.05) is 18.0 Å². The molecule has 0 bridgehead atoms. The Balaban J connectivity index is 2.20. The van der Waals surface area contributed by atoms with E-state index in [0.717, 1.165) is 24.3 Å². The molecule has 0 aliphatic carbocycles. The zero-order valence-corrected chi connectivity index (χ0v) is 9.60. The van der Waals surface area contributed by atoms with E-state index in [2.05, 4.69) is 10.8 Å². The quantitative estimate of drug-likeness (QED) is 0.804. The Morgan fingerprint density at radius 1 is 1.53 bits per heavy atom. The number of hydrogen-bond donors (Lipinski definition) is 1. The van der Waals surface area contributed by atoms with E-state index in [1.807, 2.05) is 24.3 Å². The number of hydrogen-bond acceptors (Lipinski definition) is 2. The minimum absolute atomic E-state index is 0.0847. The topological polar surface area (TPSA) is 40.5 Å². The fraction of sp³-hybridized carbons (Fsp3) is 0.357. The van der Waals surface area contributed by atoms with Crippen LogP contribution in [-0.4, -0.2) is 24.2 Å². The first-order valence-corrected chi connectivity index (χ1v) is 5.71. The van der Waals surface area contributed by atoms with Gasteiger partial charge in [0.05, 0.1) is 6.42 Å². The van der Waals surface area contributed by atoms with Crippen molar-refractivity contribution in [3.8, 4) is 12.3 Å². The summed E-state index contributed by atoms with van der Waals surface area (Å²) >= 11 is 0.